The summed E-state index contributed by atoms with van der Waals surface area (Å²) in [7, 11) is 1.55. The van der Waals surface area contributed by atoms with Crippen LogP contribution in [0.3, 0.4) is 0 Å². The second-order valence-corrected chi connectivity index (χ2v) is 6.55. The molecule has 1 amide bonds. The van der Waals surface area contributed by atoms with Crippen molar-refractivity contribution in [3.8, 4) is 5.75 Å². The van der Waals surface area contributed by atoms with Gasteiger partial charge in [0.25, 0.3) is 5.91 Å². The van der Waals surface area contributed by atoms with Crippen LogP contribution in [0.4, 0.5) is 0 Å². The Morgan fingerprint density at radius 3 is 2.62 bits per heavy atom. The Balaban J connectivity index is 1.91. The standard InChI is InChI=1S/C19H25N3O4/c1-13(23)16-17(14-5-3-4-6-15(14)26-2)22(19(25)18(16)24)12-11-21-9-7-20-8-10-21/h3-6,17,20,24H,7-12H2,1-2H3/t17-/m0/s1. The molecule has 2 aliphatic rings. The first-order chi connectivity index (χ1) is 12.5. The molecule has 7 heteroatoms. The summed E-state index contributed by atoms with van der Waals surface area (Å²) < 4.78 is 5.43. The minimum Gasteiger partial charge on any atom is -0.503 e. The Morgan fingerprint density at radius 2 is 1.96 bits per heavy atom. The average Bonchev–Trinajstić information content (AvgIpc) is 2.91. The maximum absolute atomic E-state index is 12.7. The highest BCUT2D eigenvalue weighted by atomic mass is 16.5. The fraction of sp³-hybridized carbons (Fsp3) is 0.474. The van der Waals surface area contributed by atoms with Crippen LogP contribution < -0.4 is 10.1 Å². The van der Waals surface area contributed by atoms with Crippen LogP contribution in [0.2, 0.25) is 0 Å². The van der Waals surface area contributed by atoms with Crippen molar-refractivity contribution >= 4 is 11.7 Å². The summed E-state index contributed by atoms with van der Waals surface area (Å²) >= 11 is 0. The molecule has 1 saturated heterocycles. The summed E-state index contributed by atoms with van der Waals surface area (Å²) in [4.78, 5) is 28.7. The van der Waals surface area contributed by atoms with Gasteiger partial charge in [0, 0.05) is 44.8 Å². The third kappa shape index (κ3) is 3.45. The average molecular weight is 359 g/mol. The Kier molecular flexibility index (Phi) is 5.58. The van der Waals surface area contributed by atoms with Gasteiger partial charge in [0.2, 0.25) is 0 Å². The van der Waals surface area contributed by atoms with E-state index in [1.807, 2.05) is 18.2 Å². The van der Waals surface area contributed by atoms with Gasteiger partial charge < -0.3 is 20.1 Å². The number of Topliss-reactive ketones (excluding diaryl/α,β-unsaturated/α-hetero) is 1. The molecule has 26 heavy (non-hydrogen) atoms. The zero-order valence-electron chi connectivity index (χ0n) is 15.2. The van der Waals surface area contributed by atoms with Crippen molar-refractivity contribution in [2.75, 3.05) is 46.4 Å². The first kappa shape index (κ1) is 18.4. The van der Waals surface area contributed by atoms with Gasteiger partial charge in [-0.15, -0.1) is 0 Å². The van der Waals surface area contributed by atoms with E-state index >= 15 is 0 Å². The molecule has 2 N–H and O–H groups in total. The molecule has 0 saturated carbocycles. The number of carbonyl (C=O) groups is 2. The predicted octanol–water partition coefficient (Wildman–Crippen LogP) is 0.885. The molecule has 1 fully saturated rings. The molecule has 140 valence electrons. The summed E-state index contributed by atoms with van der Waals surface area (Å²) in [6.07, 6.45) is 0. The number of methoxy groups -OCH3 is 1. The Hall–Kier alpha value is -2.38. The number of ether oxygens (including phenoxy) is 1. The minimum atomic E-state index is -0.626. The highest BCUT2D eigenvalue weighted by Crippen LogP contribution is 2.41. The van der Waals surface area contributed by atoms with E-state index < -0.39 is 17.7 Å². The van der Waals surface area contributed by atoms with Crippen molar-refractivity contribution in [2.45, 2.75) is 13.0 Å². The third-order valence-electron chi connectivity index (χ3n) is 4.98. The topological polar surface area (TPSA) is 82.1 Å². The predicted molar refractivity (Wildman–Crippen MR) is 97.1 cm³/mol. The van der Waals surface area contributed by atoms with Crippen LogP contribution in [0.1, 0.15) is 18.5 Å². The second kappa shape index (κ2) is 7.88. The molecular formula is C19H25N3O4. The fourth-order valence-corrected chi connectivity index (χ4v) is 3.64. The van der Waals surface area contributed by atoms with Crippen molar-refractivity contribution in [3.63, 3.8) is 0 Å². The van der Waals surface area contributed by atoms with E-state index in [9.17, 15) is 14.7 Å². The minimum absolute atomic E-state index is 0.139. The van der Waals surface area contributed by atoms with E-state index in [4.69, 9.17) is 4.74 Å². The molecule has 0 bridgehead atoms. The van der Waals surface area contributed by atoms with E-state index in [2.05, 4.69) is 10.2 Å². The first-order valence-electron chi connectivity index (χ1n) is 8.85. The lowest BCUT2D eigenvalue weighted by Gasteiger charge is -2.32. The Morgan fingerprint density at radius 1 is 1.27 bits per heavy atom. The summed E-state index contributed by atoms with van der Waals surface area (Å²) in [6.45, 7) is 6.18. The number of aliphatic hydroxyl groups is 1. The number of amides is 1. The molecule has 0 radical (unpaired) electrons. The monoisotopic (exact) mass is 359 g/mol. The number of nitrogens with one attached hydrogen (secondary N) is 1. The lowest BCUT2D eigenvalue weighted by molar-refractivity contribution is -0.129. The Labute approximate surface area is 153 Å². The van der Waals surface area contributed by atoms with E-state index in [1.54, 1.807) is 18.1 Å². The van der Waals surface area contributed by atoms with Crippen LogP contribution in [-0.4, -0.2) is 73.0 Å². The van der Waals surface area contributed by atoms with Crippen molar-refractivity contribution in [2.24, 2.45) is 0 Å². The van der Waals surface area contributed by atoms with Gasteiger partial charge in [-0.2, -0.15) is 0 Å². The van der Waals surface area contributed by atoms with Crippen molar-refractivity contribution in [1.82, 2.24) is 15.1 Å². The van der Waals surface area contributed by atoms with Crippen molar-refractivity contribution in [1.29, 1.82) is 0 Å². The number of carbonyl (C=O) groups excluding carboxylic acids is 2. The number of benzene rings is 1. The zero-order chi connectivity index (χ0) is 18.7. The maximum Gasteiger partial charge on any atom is 0.290 e. The number of nitrogens with zero attached hydrogens (tertiary/aromatic N) is 2. The molecule has 2 heterocycles. The summed E-state index contributed by atoms with van der Waals surface area (Å²) in [5.41, 5.74) is 0.845. The highest BCUT2D eigenvalue weighted by Gasteiger charge is 2.43. The van der Waals surface area contributed by atoms with E-state index in [0.29, 0.717) is 24.4 Å². The van der Waals surface area contributed by atoms with E-state index in [-0.39, 0.29) is 11.4 Å². The van der Waals surface area contributed by atoms with E-state index in [1.165, 1.54) is 6.92 Å². The molecule has 3 rings (SSSR count). The van der Waals surface area contributed by atoms with Gasteiger partial charge in [0.15, 0.2) is 11.5 Å². The molecule has 0 unspecified atom stereocenters. The van der Waals surface area contributed by atoms with Gasteiger partial charge in [0.05, 0.1) is 18.7 Å². The van der Waals surface area contributed by atoms with Crippen LogP contribution in [0.25, 0.3) is 0 Å². The van der Waals surface area contributed by atoms with Crippen LogP contribution >= 0.6 is 0 Å². The molecule has 0 spiro atoms. The third-order valence-corrected chi connectivity index (χ3v) is 4.98. The Bertz CT molecular complexity index is 725. The number of piperazine rings is 1. The number of hydrogen-bond donors (Lipinski definition) is 2. The van der Waals surface area contributed by atoms with Gasteiger partial charge in [-0.05, 0) is 13.0 Å². The normalized spacial score (nSPS) is 21.4. The second-order valence-electron chi connectivity index (χ2n) is 6.55. The first-order valence-corrected chi connectivity index (χ1v) is 8.85. The summed E-state index contributed by atoms with van der Waals surface area (Å²) in [6, 6.07) is 6.67. The fourth-order valence-electron chi connectivity index (χ4n) is 3.64. The van der Waals surface area contributed by atoms with Crippen LogP contribution in [0.5, 0.6) is 5.75 Å². The van der Waals surface area contributed by atoms with Crippen molar-refractivity contribution in [3.05, 3.63) is 41.2 Å². The van der Waals surface area contributed by atoms with Gasteiger partial charge in [-0.3, -0.25) is 14.5 Å². The van der Waals surface area contributed by atoms with Gasteiger partial charge in [-0.1, -0.05) is 18.2 Å². The SMILES string of the molecule is COc1ccccc1[C@H]1C(C(C)=O)=C(O)C(=O)N1CCN1CCNCC1. The lowest BCUT2D eigenvalue weighted by atomic mass is 9.96. The highest BCUT2D eigenvalue weighted by molar-refractivity contribution is 6.08. The molecule has 2 aliphatic heterocycles. The lowest BCUT2D eigenvalue weighted by Crippen LogP contribution is -2.47. The largest absolute Gasteiger partial charge is 0.503 e. The van der Waals surface area contributed by atoms with Gasteiger partial charge in [-0.25, -0.2) is 0 Å². The molecule has 7 nitrogen and oxygen atoms in total. The van der Waals surface area contributed by atoms with Crippen molar-refractivity contribution < 1.29 is 19.4 Å². The maximum atomic E-state index is 12.7. The van der Waals surface area contributed by atoms with Crippen LogP contribution in [-0.2, 0) is 9.59 Å². The number of hydrogen-bond acceptors (Lipinski definition) is 6. The molecular weight excluding hydrogens is 334 g/mol. The molecule has 1 aromatic carbocycles. The number of aliphatic hydroxyl groups excluding tert-OH is 1. The smallest absolute Gasteiger partial charge is 0.290 e. The van der Waals surface area contributed by atoms with Crippen LogP contribution in [0.15, 0.2) is 35.6 Å². The van der Waals surface area contributed by atoms with Gasteiger partial charge >= 0.3 is 0 Å². The van der Waals surface area contributed by atoms with Gasteiger partial charge in [0.1, 0.15) is 5.75 Å². The number of rotatable bonds is 6. The van der Waals surface area contributed by atoms with E-state index in [0.717, 1.165) is 26.2 Å². The number of ketones is 1. The van der Waals surface area contributed by atoms with Crippen LogP contribution in [0, 0.1) is 0 Å². The quantitative estimate of drug-likeness (QED) is 0.785. The summed E-state index contributed by atoms with van der Waals surface area (Å²) in [5, 5.41) is 13.6. The molecule has 1 aromatic rings. The molecule has 0 aliphatic carbocycles. The number of para-hydroxylation sites is 1. The molecule has 1 atom stereocenters. The zero-order valence-corrected chi connectivity index (χ0v) is 15.2. The summed E-state index contributed by atoms with van der Waals surface area (Å²) in [5.74, 6) is -0.669. The molecule has 0 aromatic heterocycles.